The van der Waals surface area contributed by atoms with Crippen molar-refractivity contribution in [1.82, 2.24) is 10.3 Å². The van der Waals surface area contributed by atoms with Gasteiger partial charge in [-0.25, -0.2) is 4.98 Å². The van der Waals surface area contributed by atoms with E-state index in [1.165, 1.54) is 11.3 Å². The minimum atomic E-state index is -1.01. The van der Waals surface area contributed by atoms with Gasteiger partial charge in [0.2, 0.25) is 5.91 Å². The normalized spacial score (nSPS) is 10.7. The quantitative estimate of drug-likeness (QED) is 0.721. The SMILES string of the molecule is CCC(CC)(NC(=O)c1csc(CN)n1)C(N)=O.Cl. The molecule has 1 aromatic heterocycles. The maximum absolute atomic E-state index is 12.0. The molecule has 1 heterocycles. The monoisotopic (exact) mass is 306 g/mol. The second-order valence-electron chi connectivity index (χ2n) is 3.94. The molecule has 0 aliphatic carbocycles. The van der Waals surface area contributed by atoms with Crippen LogP contribution in [0.4, 0.5) is 0 Å². The zero-order chi connectivity index (χ0) is 13.8. The fraction of sp³-hybridized carbons (Fsp3) is 0.545. The van der Waals surface area contributed by atoms with E-state index in [1.807, 2.05) is 0 Å². The standard InChI is InChI=1S/C11H18N4O2S.ClH/c1-3-11(4-2,10(13)17)15-9(16)7-6-18-8(5-12)14-7;/h6H,3-5,12H2,1-2H3,(H2,13,17)(H,15,16);1H. The van der Waals surface area contributed by atoms with Crippen LogP contribution in [-0.2, 0) is 11.3 Å². The molecule has 1 rings (SSSR count). The predicted octanol–water partition coefficient (Wildman–Crippen LogP) is 0.798. The molecular weight excluding hydrogens is 288 g/mol. The molecule has 0 aliphatic heterocycles. The first-order valence-corrected chi connectivity index (χ1v) is 6.64. The molecule has 0 bridgehead atoms. The summed E-state index contributed by atoms with van der Waals surface area (Å²) in [5.74, 6) is -0.927. The summed E-state index contributed by atoms with van der Waals surface area (Å²) >= 11 is 1.31. The number of rotatable bonds is 6. The first-order chi connectivity index (χ1) is 8.49. The van der Waals surface area contributed by atoms with Crippen LogP contribution in [0.1, 0.15) is 42.2 Å². The van der Waals surface area contributed by atoms with Crippen LogP contribution in [0.15, 0.2) is 5.38 Å². The number of nitrogens with zero attached hydrogens (tertiary/aromatic N) is 1. The number of halogens is 1. The largest absolute Gasteiger partial charge is 0.368 e. The van der Waals surface area contributed by atoms with Crippen molar-refractivity contribution in [3.63, 3.8) is 0 Å². The van der Waals surface area contributed by atoms with Gasteiger partial charge in [0.15, 0.2) is 0 Å². The Morgan fingerprint density at radius 3 is 2.37 bits per heavy atom. The molecule has 0 saturated carbocycles. The number of thiazole rings is 1. The van der Waals surface area contributed by atoms with Crippen LogP contribution in [-0.4, -0.2) is 22.3 Å². The number of aromatic nitrogens is 1. The van der Waals surface area contributed by atoms with Gasteiger partial charge in [0, 0.05) is 11.9 Å². The molecule has 0 radical (unpaired) electrons. The zero-order valence-corrected chi connectivity index (χ0v) is 12.6. The van der Waals surface area contributed by atoms with Crippen LogP contribution in [0.5, 0.6) is 0 Å². The van der Waals surface area contributed by atoms with E-state index in [0.29, 0.717) is 24.4 Å². The van der Waals surface area contributed by atoms with Crippen LogP contribution < -0.4 is 16.8 Å². The van der Waals surface area contributed by atoms with Crippen molar-refractivity contribution in [2.45, 2.75) is 38.8 Å². The highest BCUT2D eigenvalue weighted by atomic mass is 35.5. The molecule has 1 aromatic rings. The molecule has 8 heteroatoms. The maximum atomic E-state index is 12.0. The molecule has 6 nitrogen and oxygen atoms in total. The van der Waals surface area contributed by atoms with E-state index >= 15 is 0 Å². The van der Waals surface area contributed by atoms with E-state index < -0.39 is 17.4 Å². The van der Waals surface area contributed by atoms with Crippen LogP contribution in [0.2, 0.25) is 0 Å². The Bertz CT molecular complexity index is 446. The average molecular weight is 307 g/mol. The van der Waals surface area contributed by atoms with Gasteiger partial charge >= 0.3 is 0 Å². The molecule has 0 atom stereocenters. The zero-order valence-electron chi connectivity index (χ0n) is 10.9. The highest BCUT2D eigenvalue weighted by molar-refractivity contribution is 7.09. The van der Waals surface area contributed by atoms with Crippen LogP contribution in [0.25, 0.3) is 0 Å². The molecule has 0 unspecified atom stereocenters. The summed E-state index contributed by atoms with van der Waals surface area (Å²) in [7, 11) is 0. The van der Waals surface area contributed by atoms with Gasteiger partial charge in [0.05, 0.1) is 0 Å². The summed E-state index contributed by atoms with van der Waals surface area (Å²) in [6.45, 7) is 3.91. The van der Waals surface area contributed by atoms with Crippen molar-refractivity contribution < 1.29 is 9.59 Å². The summed E-state index contributed by atoms with van der Waals surface area (Å²) < 4.78 is 0. The summed E-state index contributed by atoms with van der Waals surface area (Å²) in [5.41, 5.74) is 10.1. The summed E-state index contributed by atoms with van der Waals surface area (Å²) in [4.78, 5) is 27.5. The molecule has 0 aromatic carbocycles. The van der Waals surface area contributed by atoms with E-state index in [9.17, 15) is 9.59 Å². The van der Waals surface area contributed by atoms with Gasteiger partial charge < -0.3 is 16.8 Å². The third-order valence-electron chi connectivity index (χ3n) is 2.99. The Labute approximate surface area is 122 Å². The number of nitrogens with two attached hydrogens (primary N) is 2. The third-order valence-corrected chi connectivity index (χ3v) is 3.86. The van der Waals surface area contributed by atoms with Gasteiger partial charge in [-0.3, -0.25) is 9.59 Å². The number of carbonyl (C=O) groups excluding carboxylic acids is 2. The Kier molecular flexibility index (Phi) is 6.96. The molecule has 2 amide bonds. The highest BCUT2D eigenvalue weighted by Crippen LogP contribution is 2.16. The number of primary amides is 1. The van der Waals surface area contributed by atoms with Gasteiger partial charge in [-0.2, -0.15) is 0 Å². The minimum absolute atomic E-state index is 0. The van der Waals surface area contributed by atoms with Crippen molar-refractivity contribution in [1.29, 1.82) is 0 Å². The van der Waals surface area contributed by atoms with Crippen LogP contribution in [0.3, 0.4) is 0 Å². The molecule has 0 spiro atoms. The van der Waals surface area contributed by atoms with E-state index in [4.69, 9.17) is 11.5 Å². The number of hydrogen-bond acceptors (Lipinski definition) is 5. The van der Waals surface area contributed by atoms with Crippen LogP contribution >= 0.6 is 23.7 Å². The molecule has 0 aliphatic rings. The van der Waals surface area contributed by atoms with Gasteiger partial charge in [0.1, 0.15) is 16.2 Å². The van der Waals surface area contributed by atoms with E-state index in [1.54, 1.807) is 19.2 Å². The molecule has 19 heavy (non-hydrogen) atoms. The van der Waals surface area contributed by atoms with E-state index in [0.717, 1.165) is 0 Å². The van der Waals surface area contributed by atoms with Crippen molar-refractivity contribution in [3.8, 4) is 0 Å². The number of hydrogen-bond donors (Lipinski definition) is 3. The number of nitrogens with one attached hydrogen (secondary N) is 1. The fourth-order valence-electron chi connectivity index (χ4n) is 1.63. The van der Waals surface area contributed by atoms with E-state index in [-0.39, 0.29) is 18.1 Å². The average Bonchev–Trinajstić information content (AvgIpc) is 2.84. The smallest absolute Gasteiger partial charge is 0.271 e. The molecule has 5 N–H and O–H groups in total. The molecule has 108 valence electrons. The van der Waals surface area contributed by atoms with Crippen molar-refractivity contribution >= 4 is 35.6 Å². The highest BCUT2D eigenvalue weighted by Gasteiger charge is 2.35. The summed E-state index contributed by atoms with van der Waals surface area (Å²) in [5, 5.41) is 4.97. The lowest BCUT2D eigenvalue weighted by molar-refractivity contribution is -0.124. The summed E-state index contributed by atoms with van der Waals surface area (Å²) in [6.07, 6.45) is 0.886. The predicted molar refractivity (Wildman–Crippen MR) is 77.2 cm³/mol. The minimum Gasteiger partial charge on any atom is -0.368 e. The first-order valence-electron chi connectivity index (χ1n) is 5.76. The molecule has 0 saturated heterocycles. The second kappa shape index (κ2) is 7.42. The summed E-state index contributed by atoms with van der Waals surface area (Å²) in [6, 6.07) is 0. The lowest BCUT2D eigenvalue weighted by atomic mass is 9.92. The van der Waals surface area contributed by atoms with Gasteiger partial charge in [-0.1, -0.05) is 13.8 Å². The topological polar surface area (TPSA) is 111 Å². The Morgan fingerprint density at radius 1 is 1.42 bits per heavy atom. The fourth-order valence-corrected chi connectivity index (χ4v) is 2.28. The Hall–Kier alpha value is -1.18. The lowest BCUT2D eigenvalue weighted by Crippen LogP contribution is -2.56. The van der Waals surface area contributed by atoms with Crippen molar-refractivity contribution in [3.05, 3.63) is 16.1 Å². The lowest BCUT2D eigenvalue weighted by Gasteiger charge is -2.28. The number of amides is 2. The van der Waals surface area contributed by atoms with Crippen molar-refractivity contribution in [2.24, 2.45) is 11.5 Å². The van der Waals surface area contributed by atoms with Crippen molar-refractivity contribution in [2.75, 3.05) is 0 Å². The van der Waals surface area contributed by atoms with Gasteiger partial charge in [-0.05, 0) is 12.8 Å². The van der Waals surface area contributed by atoms with Gasteiger partial charge in [0.25, 0.3) is 5.91 Å². The first kappa shape index (κ1) is 17.8. The number of carbonyl (C=O) groups is 2. The van der Waals surface area contributed by atoms with Crippen LogP contribution in [0, 0.1) is 0 Å². The second-order valence-corrected chi connectivity index (χ2v) is 4.88. The van der Waals surface area contributed by atoms with E-state index in [2.05, 4.69) is 10.3 Å². The third kappa shape index (κ3) is 3.89. The molecular formula is C11H19ClN4O2S. The van der Waals surface area contributed by atoms with Gasteiger partial charge in [-0.15, -0.1) is 23.7 Å². The maximum Gasteiger partial charge on any atom is 0.271 e. The Morgan fingerprint density at radius 2 is 2.00 bits per heavy atom. The Balaban J connectivity index is 0.00000324. The molecule has 0 fully saturated rings.